The fourth-order valence-corrected chi connectivity index (χ4v) is 14.2. The first kappa shape index (κ1) is 66.5. The van der Waals surface area contributed by atoms with Crippen LogP contribution in [0.5, 0.6) is 0 Å². The summed E-state index contributed by atoms with van der Waals surface area (Å²) < 4.78 is 19.7. The minimum Gasteiger partial charge on any atom is -0.364 e. The van der Waals surface area contributed by atoms with Gasteiger partial charge in [0.1, 0.15) is 11.3 Å². The number of aromatic nitrogens is 13. The van der Waals surface area contributed by atoms with E-state index in [0.29, 0.717) is 0 Å². The lowest BCUT2D eigenvalue weighted by Gasteiger charge is -1.99. The Morgan fingerprint density at radius 3 is 1.78 bits per heavy atom. The monoisotopic (exact) mass is 1290 g/mol. The number of benzene rings is 5. The maximum Gasteiger partial charge on any atom is 0.214 e. The number of imidazole rings is 4. The largest absolute Gasteiger partial charge is 0.364 e. The van der Waals surface area contributed by atoms with Crippen molar-refractivity contribution in [3.8, 4) is 22.3 Å². The van der Waals surface area contributed by atoms with Crippen molar-refractivity contribution in [3.05, 3.63) is 300 Å². The highest BCUT2D eigenvalue weighted by Crippen LogP contribution is 2.39. The van der Waals surface area contributed by atoms with Crippen LogP contribution < -0.4 is 0 Å². The summed E-state index contributed by atoms with van der Waals surface area (Å²) in [5.41, 5.74) is 31.6. The lowest BCUT2D eigenvalue weighted by molar-refractivity contribution is 0.886. The van der Waals surface area contributed by atoms with Crippen LogP contribution in [0.25, 0.3) is 105 Å². The van der Waals surface area contributed by atoms with Gasteiger partial charge in [-0.2, -0.15) is 0 Å². The molecule has 14 aromatic heterocycles. The third-order valence-corrected chi connectivity index (χ3v) is 19.7. The summed E-state index contributed by atoms with van der Waals surface area (Å²) in [6.07, 6.45) is 23.5. The molecule has 13 nitrogen and oxygen atoms in total. The molecule has 0 fully saturated rings. The number of aromatic amines is 3. The number of nitrogens with zero attached hydrogens (tertiary/aromatic N) is 10. The lowest BCUT2D eigenvalue weighted by Crippen LogP contribution is -1.90. The van der Waals surface area contributed by atoms with E-state index in [9.17, 15) is 0 Å². The molecule has 3 N–H and O–H groups in total. The first-order chi connectivity index (χ1) is 46.2. The molecule has 0 saturated carbocycles. The fourth-order valence-electron chi connectivity index (χ4n) is 14.2. The van der Waals surface area contributed by atoms with Crippen LogP contribution in [0, 0.1) is 48.5 Å². The van der Waals surface area contributed by atoms with Crippen LogP contribution in [-0.4, -0.2) is 60.2 Å². The number of para-hydroxylation sites is 3. The Kier molecular flexibility index (Phi) is 18.2. The van der Waals surface area contributed by atoms with Gasteiger partial charge in [-0.25, -0.2) is 4.98 Å². The van der Waals surface area contributed by atoms with E-state index < -0.39 is 0 Å². The van der Waals surface area contributed by atoms with E-state index in [1.54, 1.807) is 0 Å². The number of nitrogens with one attached hydrogen (secondary N) is 3. The molecular weight excluding hydrogens is 1200 g/mol. The number of pyridine rings is 2. The third-order valence-electron chi connectivity index (χ3n) is 19.7. The van der Waals surface area contributed by atoms with Gasteiger partial charge in [-0.1, -0.05) is 138 Å². The van der Waals surface area contributed by atoms with Crippen molar-refractivity contribution in [2.45, 2.75) is 83.6 Å². The Bertz CT molecular complexity index is 5750. The molecular formula is C85H91N13. The minimum absolute atomic E-state index is 0. The van der Waals surface area contributed by atoms with Crippen LogP contribution in [0.15, 0.2) is 238 Å². The zero-order valence-corrected chi connectivity index (χ0v) is 55.9. The smallest absolute Gasteiger partial charge is 0.214 e. The Balaban J connectivity index is 0.000000108. The van der Waals surface area contributed by atoms with Crippen molar-refractivity contribution >= 4 is 82.6 Å². The molecule has 21 rings (SSSR count). The number of H-pyrrole nitrogens is 3. The van der Waals surface area contributed by atoms with Gasteiger partial charge in [-0.15, -0.1) is 0 Å². The van der Waals surface area contributed by atoms with Gasteiger partial charge in [0.05, 0.1) is 27.6 Å². The van der Waals surface area contributed by atoms with E-state index in [4.69, 9.17) is 0 Å². The predicted molar refractivity (Wildman–Crippen MR) is 414 cm³/mol. The van der Waals surface area contributed by atoms with Crippen molar-refractivity contribution < 1.29 is 0 Å². The van der Waals surface area contributed by atoms with Crippen molar-refractivity contribution in [1.82, 2.24) is 60.2 Å². The van der Waals surface area contributed by atoms with E-state index in [-0.39, 0.29) is 22.3 Å². The average molecular weight is 1290 g/mol. The van der Waals surface area contributed by atoms with Gasteiger partial charge >= 0.3 is 0 Å². The highest BCUT2D eigenvalue weighted by molar-refractivity contribution is 5.96. The number of hydrogen-bond acceptors (Lipinski definition) is 1. The van der Waals surface area contributed by atoms with Crippen molar-refractivity contribution in [2.75, 3.05) is 0 Å². The molecule has 496 valence electrons. The molecule has 0 atom stereocenters. The predicted octanol–water partition coefficient (Wildman–Crippen LogP) is 20.8. The summed E-state index contributed by atoms with van der Waals surface area (Å²) in [7, 11) is 8.34. The summed E-state index contributed by atoms with van der Waals surface area (Å²) in [5, 5.41) is 6.56. The summed E-state index contributed by atoms with van der Waals surface area (Å²) >= 11 is 0. The summed E-state index contributed by atoms with van der Waals surface area (Å²) in [6, 6.07) is 61.6. The second-order valence-corrected chi connectivity index (χ2v) is 25.5. The van der Waals surface area contributed by atoms with E-state index in [1.165, 1.54) is 156 Å². The van der Waals surface area contributed by atoms with Crippen LogP contribution in [-0.2, 0) is 41.0 Å². The number of hydrogen-bond donors (Lipinski definition) is 3. The van der Waals surface area contributed by atoms with Crippen molar-refractivity contribution in [2.24, 2.45) is 28.2 Å². The van der Waals surface area contributed by atoms with Crippen molar-refractivity contribution in [1.29, 1.82) is 0 Å². The van der Waals surface area contributed by atoms with Gasteiger partial charge in [0, 0.05) is 192 Å². The molecule has 14 heterocycles. The molecule has 0 spiro atoms. The Morgan fingerprint density at radius 2 is 1.00 bits per heavy atom. The maximum absolute atomic E-state index is 4.56. The minimum atomic E-state index is 0. The van der Waals surface area contributed by atoms with Gasteiger partial charge in [-0.05, 0) is 143 Å². The molecule has 13 heteroatoms. The molecule has 2 aliphatic carbocycles. The molecule has 5 aromatic carbocycles. The molecule has 19 aromatic rings. The zero-order chi connectivity index (χ0) is 65.3. The van der Waals surface area contributed by atoms with Gasteiger partial charge in [0.15, 0.2) is 0 Å². The second-order valence-electron chi connectivity index (χ2n) is 25.5. The molecule has 0 radical (unpaired) electrons. The highest BCUT2D eigenvalue weighted by Gasteiger charge is 2.22. The second kappa shape index (κ2) is 26.9. The average Bonchev–Trinajstić information content (AvgIpc) is 1.66. The first-order valence-corrected chi connectivity index (χ1v) is 32.7. The van der Waals surface area contributed by atoms with Gasteiger partial charge < -0.3 is 50.8 Å². The Morgan fingerprint density at radius 1 is 0.398 bits per heavy atom. The molecule has 98 heavy (non-hydrogen) atoms. The van der Waals surface area contributed by atoms with E-state index >= 15 is 0 Å². The first-order valence-electron chi connectivity index (χ1n) is 32.7. The summed E-state index contributed by atoms with van der Waals surface area (Å²) in [5.74, 6) is 1.00. The van der Waals surface area contributed by atoms with Gasteiger partial charge in [-0.3, -0.25) is 4.40 Å². The zero-order valence-electron chi connectivity index (χ0n) is 55.9. The summed E-state index contributed by atoms with van der Waals surface area (Å²) in [6.45, 7) is 14.9. The highest BCUT2D eigenvalue weighted by atomic mass is 15.2. The number of fused-ring (bicyclic) bond motifs is 21. The molecule has 0 aliphatic heterocycles. The van der Waals surface area contributed by atoms with Gasteiger partial charge in [0.2, 0.25) is 5.78 Å². The quantitative estimate of drug-likeness (QED) is 0.138. The molecule has 0 saturated heterocycles. The normalized spacial score (nSPS) is 11.5. The third kappa shape index (κ3) is 11.7. The molecule has 2 aliphatic rings. The lowest BCUT2D eigenvalue weighted by atomic mass is 10.1. The van der Waals surface area contributed by atoms with Crippen LogP contribution in [0.4, 0.5) is 0 Å². The van der Waals surface area contributed by atoms with E-state index in [1.807, 2.05) is 25.2 Å². The maximum atomic E-state index is 4.56. The molecule has 0 unspecified atom stereocenters. The number of aryl methyl sites for hydroxylation is 11. The number of rotatable bonds is 0. The Labute approximate surface area is 573 Å². The summed E-state index contributed by atoms with van der Waals surface area (Å²) in [4.78, 5) is 14.3. The van der Waals surface area contributed by atoms with Crippen LogP contribution in [0.3, 0.4) is 0 Å². The Hall–Kier alpha value is -11.6. The van der Waals surface area contributed by atoms with Crippen molar-refractivity contribution in [3.63, 3.8) is 0 Å². The van der Waals surface area contributed by atoms with Gasteiger partial charge in [0.25, 0.3) is 0 Å². The van der Waals surface area contributed by atoms with E-state index in [2.05, 4.69) is 350 Å². The fraction of sp³-hybridized carbons (Fsp3) is 0.188. The topological polar surface area (TPSA) is 102 Å². The van der Waals surface area contributed by atoms with Crippen LogP contribution in [0.2, 0.25) is 0 Å². The van der Waals surface area contributed by atoms with Crippen LogP contribution >= 0.6 is 0 Å². The van der Waals surface area contributed by atoms with E-state index in [0.717, 1.165) is 24.1 Å². The molecule has 0 bridgehead atoms. The standard InChI is InChI=1S/3C12H12N2.2C12H11N.C11H11N3.C11H10N2.3CH4/c1-9-11-7-10-5-3-4-6-14(10)12(11)8-13(9)2;1-9-8-14-11-6-4-3-5-10(11)7-12(14)13(9)2;1-9-7-14-8-10-5-3-4-6-11(10)12(14)13(9)2;1-8-12-10(7-13-8)6-9-4-2-3-5-11(9)12;1-8-11-6-9-4-2-3-5-10(9)12(11)7-13-8;1-8-7-14-10-6-4-3-5-9(10)12-11(14)13(8)2;1-8-11-9(7-12-8)6-10-4-2-3-5-13(10)11;;;/h3*3-8H,1-2H3;2*2-5,7,13H,6H2,1H3;3-7H,1-2H3;2-7,12H,1H3;3*1H4. The van der Waals surface area contributed by atoms with Crippen LogP contribution in [0.1, 0.15) is 84.4 Å². The molecule has 0 amide bonds. The SMILES string of the molecule is C.C.C.Cc1[nH]cc2c1-c1ccccc1C2.Cc1[nH]cc2c1Cc1ccccc1-2.Cc1[nH]cc2cc3ccccn3c12.Cc1c2cc3ccccn3c2cn1C.Cc1cn2c3ccccc3cc2n1C.Cc1cn2c3ccccc3nc2n1C.Cc1cn2cc3ccccc3c2n1C.